The lowest BCUT2D eigenvalue weighted by atomic mass is 9.96. The summed E-state index contributed by atoms with van der Waals surface area (Å²) in [5.41, 5.74) is 9.86. The van der Waals surface area contributed by atoms with E-state index in [1.807, 2.05) is 0 Å². The number of methoxy groups -OCH3 is 1. The van der Waals surface area contributed by atoms with E-state index in [0.717, 1.165) is 18.8 Å². The van der Waals surface area contributed by atoms with Crippen molar-refractivity contribution >= 4 is 0 Å². The van der Waals surface area contributed by atoms with Gasteiger partial charge < -0.3 is 15.2 Å². The lowest BCUT2D eigenvalue weighted by Gasteiger charge is -2.31. The summed E-state index contributed by atoms with van der Waals surface area (Å²) in [6.45, 7) is 9.72. The molecule has 0 aliphatic carbocycles. The second-order valence-electron chi connectivity index (χ2n) is 6.19. The predicted octanol–water partition coefficient (Wildman–Crippen LogP) is 2.81. The molecule has 0 aromatic heterocycles. The van der Waals surface area contributed by atoms with Gasteiger partial charge in [-0.25, -0.2) is 0 Å². The monoisotopic (exact) mass is 306 g/mol. The molecular formula is C18H30N2O2. The van der Waals surface area contributed by atoms with E-state index in [9.17, 15) is 0 Å². The normalized spacial score (nSPS) is 20.3. The van der Waals surface area contributed by atoms with Gasteiger partial charge in [0, 0.05) is 25.7 Å². The quantitative estimate of drug-likeness (QED) is 0.787. The van der Waals surface area contributed by atoms with Crippen molar-refractivity contribution in [1.82, 2.24) is 4.90 Å². The van der Waals surface area contributed by atoms with Crippen LogP contribution in [0, 0.1) is 13.8 Å². The molecule has 1 fully saturated rings. The van der Waals surface area contributed by atoms with Gasteiger partial charge in [-0.05, 0) is 62.9 Å². The van der Waals surface area contributed by atoms with Crippen molar-refractivity contribution in [3.63, 3.8) is 0 Å². The van der Waals surface area contributed by atoms with Crippen LogP contribution in [0.1, 0.15) is 42.5 Å². The number of nitrogens with zero attached hydrogens (tertiary/aromatic N) is 1. The third-order valence-corrected chi connectivity index (χ3v) is 4.97. The Hall–Kier alpha value is -1.10. The molecule has 0 bridgehead atoms. The van der Waals surface area contributed by atoms with Crippen LogP contribution in [0.3, 0.4) is 0 Å². The fourth-order valence-corrected chi connectivity index (χ4v) is 3.46. The SMILES string of the molecule is COCCOc1ccc(C(C)N2CCC[C@@H]2CN)c(C)c1C. The Kier molecular flexibility index (Phi) is 6.24. The Morgan fingerprint density at radius 3 is 2.73 bits per heavy atom. The van der Waals surface area contributed by atoms with E-state index in [2.05, 4.69) is 37.8 Å². The van der Waals surface area contributed by atoms with E-state index in [-0.39, 0.29) is 0 Å². The summed E-state index contributed by atoms with van der Waals surface area (Å²) in [4.78, 5) is 2.55. The molecule has 4 heteroatoms. The van der Waals surface area contributed by atoms with E-state index in [0.29, 0.717) is 25.3 Å². The molecule has 2 N–H and O–H groups in total. The lowest BCUT2D eigenvalue weighted by Crippen LogP contribution is -2.37. The minimum atomic E-state index is 0.405. The summed E-state index contributed by atoms with van der Waals surface area (Å²) in [5, 5.41) is 0. The lowest BCUT2D eigenvalue weighted by molar-refractivity contribution is 0.146. The van der Waals surface area contributed by atoms with Crippen molar-refractivity contribution in [2.24, 2.45) is 5.73 Å². The summed E-state index contributed by atoms with van der Waals surface area (Å²) in [7, 11) is 1.69. The maximum Gasteiger partial charge on any atom is 0.122 e. The van der Waals surface area contributed by atoms with Gasteiger partial charge in [-0.3, -0.25) is 4.90 Å². The highest BCUT2D eigenvalue weighted by atomic mass is 16.5. The second-order valence-corrected chi connectivity index (χ2v) is 6.19. The molecular weight excluding hydrogens is 276 g/mol. The third kappa shape index (κ3) is 3.62. The van der Waals surface area contributed by atoms with Crippen molar-refractivity contribution in [2.45, 2.75) is 45.7 Å². The molecule has 0 spiro atoms. The van der Waals surface area contributed by atoms with Crippen molar-refractivity contribution in [1.29, 1.82) is 0 Å². The number of rotatable bonds is 7. The summed E-state index contributed by atoms with van der Waals surface area (Å²) in [6, 6.07) is 5.23. The summed E-state index contributed by atoms with van der Waals surface area (Å²) in [5.74, 6) is 0.960. The summed E-state index contributed by atoms with van der Waals surface area (Å²) >= 11 is 0. The number of likely N-dealkylation sites (tertiary alicyclic amines) is 1. The van der Waals surface area contributed by atoms with Gasteiger partial charge in [0.2, 0.25) is 0 Å². The molecule has 0 amide bonds. The molecule has 22 heavy (non-hydrogen) atoms. The van der Waals surface area contributed by atoms with Crippen LogP contribution in [0.15, 0.2) is 12.1 Å². The van der Waals surface area contributed by atoms with Crippen LogP contribution in [-0.4, -0.2) is 44.4 Å². The van der Waals surface area contributed by atoms with Gasteiger partial charge in [0.05, 0.1) is 6.61 Å². The van der Waals surface area contributed by atoms with Gasteiger partial charge in [-0.15, -0.1) is 0 Å². The Morgan fingerprint density at radius 2 is 2.05 bits per heavy atom. The first-order chi connectivity index (χ1) is 10.6. The van der Waals surface area contributed by atoms with Crippen molar-refractivity contribution in [3.8, 4) is 5.75 Å². The van der Waals surface area contributed by atoms with Gasteiger partial charge in [0.1, 0.15) is 12.4 Å². The molecule has 4 nitrogen and oxygen atoms in total. The molecule has 1 aliphatic rings. The van der Waals surface area contributed by atoms with Gasteiger partial charge in [-0.2, -0.15) is 0 Å². The highest BCUT2D eigenvalue weighted by Crippen LogP contribution is 2.34. The maximum atomic E-state index is 5.93. The molecule has 1 aliphatic heterocycles. The van der Waals surface area contributed by atoms with Crippen LogP contribution in [0.5, 0.6) is 5.75 Å². The average Bonchev–Trinajstić information content (AvgIpc) is 2.99. The van der Waals surface area contributed by atoms with E-state index >= 15 is 0 Å². The van der Waals surface area contributed by atoms with Gasteiger partial charge >= 0.3 is 0 Å². The van der Waals surface area contributed by atoms with E-state index in [4.69, 9.17) is 15.2 Å². The largest absolute Gasteiger partial charge is 0.491 e. The molecule has 0 saturated carbocycles. The molecule has 2 rings (SSSR count). The van der Waals surface area contributed by atoms with Crippen LogP contribution >= 0.6 is 0 Å². The zero-order valence-electron chi connectivity index (χ0n) is 14.4. The van der Waals surface area contributed by atoms with Crippen LogP contribution in [-0.2, 0) is 4.74 Å². The van der Waals surface area contributed by atoms with Crippen LogP contribution in [0.25, 0.3) is 0 Å². The van der Waals surface area contributed by atoms with Crippen molar-refractivity contribution in [2.75, 3.05) is 33.4 Å². The second kappa shape index (κ2) is 7.95. The minimum absolute atomic E-state index is 0.405. The summed E-state index contributed by atoms with van der Waals surface area (Å²) < 4.78 is 10.8. The van der Waals surface area contributed by atoms with Crippen LogP contribution in [0.4, 0.5) is 0 Å². The smallest absolute Gasteiger partial charge is 0.122 e. The van der Waals surface area contributed by atoms with Gasteiger partial charge in [0.15, 0.2) is 0 Å². The number of hydrogen-bond acceptors (Lipinski definition) is 4. The van der Waals surface area contributed by atoms with E-state index in [1.54, 1.807) is 7.11 Å². The van der Waals surface area contributed by atoms with E-state index in [1.165, 1.54) is 29.5 Å². The van der Waals surface area contributed by atoms with Crippen molar-refractivity contribution < 1.29 is 9.47 Å². The highest BCUT2D eigenvalue weighted by molar-refractivity contribution is 5.44. The number of benzene rings is 1. The number of hydrogen-bond donors (Lipinski definition) is 1. The van der Waals surface area contributed by atoms with Crippen LogP contribution in [0.2, 0.25) is 0 Å². The Labute approximate surface area is 134 Å². The fraction of sp³-hybridized carbons (Fsp3) is 0.667. The van der Waals surface area contributed by atoms with E-state index < -0.39 is 0 Å². The molecule has 1 heterocycles. The first-order valence-corrected chi connectivity index (χ1v) is 8.27. The zero-order valence-corrected chi connectivity index (χ0v) is 14.4. The third-order valence-electron chi connectivity index (χ3n) is 4.97. The first kappa shape index (κ1) is 17.3. The molecule has 2 atom stereocenters. The number of nitrogens with two attached hydrogens (primary N) is 1. The molecule has 1 aromatic carbocycles. The Bertz CT molecular complexity index is 490. The minimum Gasteiger partial charge on any atom is -0.491 e. The Morgan fingerprint density at radius 1 is 1.27 bits per heavy atom. The average molecular weight is 306 g/mol. The van der Waals surface area contributed by atoms with Crippen molar-refractivity contribution in [3.05, 3.63) is 28.8 Å². The zero-order chi connectivity index (χ0) is 16.1. The molecule has 1 aromatic rings. The molecule has 1 unspecified atom stereocenters. The first-order valence-electron chi connectivity index (χ1n) is 8.27. The summed E-state index contributed by atoms with van der Waals surface area (Å²) in [6.07, 6.45) is 2.47. The Balaban J connectivity index is 2.16. The van der Waals surface area contributed by atoms with Gasteiger partial charge in [0.25, 0.3) is 0 Å². The molecule has 0 radical (unpaired) electrons. The molecule has 1 saturated heterocycles. The standard InChI is InChI=1S/C18H30N2O2/c1-13-14(2)18(22-11-10-21-4)8-7-17(13)15(3)20-9-5-6-16(20)12-19/h7-8,15-16H,5-6,9-12,19H2,1-4H3/t15?,16-/m1/s1. The van der Waals surface area contributed by atoms with Crippen LogP contribution < -0.4 is 10.5 Å². The van der Waals surface area contributed by atoms with Gasteiger partial charge in [-0.1, -0.05) is 6.07 Å². The molecule has 124 valence electrons. The topological polar surface area (TPSA) is 47.7 Å². The number of ether oxygens (including phenoxy) is 2. The fourth-order valence-electron chi connectivity index (χ4n) is 3.46. The maximum absolute atomic E-state index is 5.93. The predicted molar refractivity (Wildman–Crippen MR) is 90.5 cm³/mol. The highest BCUT2D eigenvalue weighted by Gasteiger charge is 2.29.